The van der Waals surface area contributed by atoms with Gasteiger partial charge in [-0.2, -0.15) is 0 Å². The molecule has 2 heterocycles. The second-order valence-electron chi connectivity index (χ2n) is 7.26. The molecule has 0 saturated heterocycles. The lowest BCUT2D eigenvalue weighted by Crippen LogP contribution is -2.32. The fourth-order valence-corrected chi connectivity index (χ4v) is 3.96. The van der Waals surface area contributed by atoms with Crippen molar-refractivity contribution in [1.82, 2.24) is 5.06 Å². The maximum absolute atomic E-state index is 12.5. The van der Waals surface area contributed by atoms with E-state index in [4.69, 9.17) is 4.84 Å². The number of hydroxylamine groups is 2. The quantitative estimate of drug-likeness (QED) is 0.621. The van der Waals surface area contributed by atoms with Crippen LogP contribution in [0.4, 0.5) is 11.4 Å². The largest absolute Gasteiger partial charge is 0.363 e. The van der Waals surface area contributed by atoms with Gasteiger partial charge in [-0.3, -0.25) is 9.59 Å². The summed E-state index contributed by atoms with van der Waals surface area (Å²) in [6.07, 6.45) is 2.11. The summed E-state index contributed by atoms with van der Waals surface area (Å²) in [5.41, 5.74) is 4.17. The van der Waals surface area contributed by atoms with Crippen molar-refractivity contribution < 1.29 is 19.2 Å². The highest BCUT2D eigenvalue weighted by molar-refractivity contribution is 6.21. The molecule has 2 aliphatic rings. The van der Waals surface area contributed by atoms with Crippen molar-refractivity contribution in [2.75, 3.05) is 11.4 Å². The van der Waals surface area contributed by atoms with E-state index in [0.29, 0.717) is 5.06 Å². The molecule has 0 N–H and O–H groups in total. The van der Waals surface area contributed by atoms with Crippen molar-refractivity contribution in [3.63, 3.8) is 0 Å². The Morgan fingerprint density at radius 1 is 0.800 bits per heavy atom. The van der Waals surface area contributed by atoms with Crippen molar-refractivity contribution in [2.24, 2.45) is 0 Å². The number of fused-ring (bicyclic) bond motifs is 2. The van der Waals surface area contributed by atoms with Crippen LogP contribution in [0.2, 0.25) is 0 Å². The van der Waals surface area contributed by atoms with Crippen LogP contribution in [0.3, 0.4) is 0 Å². The van der Waals surface area contributed by atoms with Gasteiger partial charge in [0, 0.05) is 17.9 Å². The van der Waals surface area contributed by atoms with Crippen LogP contribution in [0.15, 0.2) is 72.8 Å². The molecule has 0 spiro atoms. The number of aryl methyl sites for hydroxylation is 1. The molecule has 6 heteroatoms. The molecule has 2 aliphatic heterocycles. The van der Waals surface area contributed by atoms with Gasteiger partial charge in [0.1, 0.15) is 0 Å². The van der Waals surface area contributed by atoms with E-state index in [1.807, 2.05) is 24.3 Å². The van der Waals surface area contributed by atoms with Crippen LogP contribution in [0.5, 0.6) is 0 Å². The predicted molar refractivity (Wildman–Crippen MR) is 111 cm³/mol. The molecule has 0 aromatic heterocycles. The van der Waals surface area contributed by atoms with E-state index in [2.05, 4.69) is 17.0 Å². The highest BCUT2D eigenvalue weighted by atomic mass is 16.7. The number of rotatable bonds is 3. The van der Waals surface area contributed by atoms with E-state index in [0.717, 1.165) is 25.1 Å². The molecule has 2 amide bonds. The van der Waals surface area contributed by atoms with Gasteiger partial charge in [0.2, 0.25) is 0 Å². The van der Waals surface area contributed by atoms with E-state index in [9.17, 15) is 14.4 Å². The molecule has 0 saturated carbocycles. The molecule has 3 aromatic rings. The third kappa shape index (κ3) is 2.93. The molecule has 0 radical (unpaired) electrons. The van der Waals surface area contributed by atoms with Crippen molar-refractivity contribution >= 4 is 29.2 Å². The zero-order valence-corrected chi connectivity index (χ0v) is 16.1. The van der Waals surface area contributed by atoms with Crippen LogP contribution in [0.25, 0.3) is 0 Å². The second kappa shape index (κ2) is 7.15. The van der Waals surface area contributed by atoms with E-state index in [1.165, 1.54) is 23.4 Å². The Bertz CT molecular complexity index is 1130. The average Bonchev–Trinajstić information content (AvgIpc) is 3.04. The minimum Gasteiger partial charge on any atom is -0.341 e. The predicted octanol–water partition coefficient (Wildman–Crippen LogP) is 4.14. The first-order valence-electron chi connectivity index (χ1n) is 9.79. The van der Waals surface area contributed by atoms with Crippen LogP contribution in [-0.4, -0.2) is 29.4 Å². The number of para-hydroxylation sites is 1. The molecule has 5 rings (SSSR count). The fraction of sp³-hybridized carbons (Fsp3) is 0.125. The smallest absolute Gasteiger partial charge is 0.341 e. The SMILES string of the molecule is O=C(ON1C(=O)c2ccccc2C1=O)c1ccc(N2CCCc3ccccc32)cc1. The number of carbonyl (C=O) groups is 3. The van der Waals surface area contributed by atoms with Crippen molar-refractivity contribution in [2.45, 2.75) is 12.8 Å². The molecule has 0 aliphatic carbocycles. The fourth-order valence-electron chi connectivity index (χ4n) is 3.96. The van der Waals surface area contributed by atoms with Crippen molar-refractivity contribution in [3.8, 4) is 0 Å². The van der Waals surface area contributed by atoms with Crippen LogP contribution in [-0.2, 0) is 11.3 Å². The molecular formula is C24H18N2O4. The average molecular weight is 398 g/mol. The summed E-state index contributed by atoms with van der Waals surface area (Å²) < 4.78 is 0. The van der Waals surface area contributed by atoms with Crippen molar-refractivity contribution in [1.29, 1.82) is 0 Å². The minimum atomic E-state index is -0.755. The Morgan fingerprint density at radius 2 is 1.43 bits per heavy atom. The van der Waals surface area contributed by atoms with Gasteiger partial charge >= 0.3 is 5.97 Å². The first kappa shape index (κ1) is 18.1. The lowest BCUT2D eigenvalue weighted by molar-refractivity contribution is -0.0584. The van der Waals surface area contributed by atoms with Crippen LogP contribution in [0.1, 0.15) is 43.1 Å². The minimum absolute atomic E-state index is 0.231. The summed E-state index contributed by atoms with van der Waals surface area (Å²) in [5, 5.41) is 0.530. The number of imide groups is 1. The lowest BCUT2D eigenvalue weighted by Gasteiger charge is -2.31. The summed E-state index contributed by atoms with van der Waals surface area (Å²) in [6, 6.07) is 21.7. The number of carbonyl (C=O) groups excluding carboxylic acids is 3. The normalized spacial score (nSPS) is 15.1. The molecule has 0 fully saturated rings. The standard InChI is InChI=1S/C24H18N2O4/c27-22-19-8-2-3-9-20(19)23(28)26(22)30-24(29)17-11-13-18(14-12-17)25-15-5-7-16-6-1-4-10-21(16)25/h1-4,6,8-14H,5,7,15H2. The Labute approximate surface area is 173 Å². The molecule has 0 unspecified atom stereocenters. The molecule has 148 valence electrons. The van der Waals surface area contributed by atoms with E-state index in [1.54, 1.807) is 24.3 Å². The number of benzene rings is 3. The maximum atomic E-state index is 12.5. The Balaban J connectivity index is 1.34. The zero-order valence-electron chi connectivity index (χ0n) is 16.1. The third-order valence-corrected chi connectivity index (χ3v) is 5.46. The highest BCUT2D eigenvalue weighted by Crippen LogP contribution is 2.33. The second-order valence-corrected chi connectivity index (χ2v) is 7.26. The molecule has 30 heavy (non-hydrogen) atoms. The number of amides is 2. The van der Waals surface area contributed by atoms with E-state index >= 15 is 0 Å². The van der Waals surface area contributed by atoms with E-state index in [-0.39, 0.29) is 16.7 Å². The summed E-state index contributed by atoms with van der Waals surface area (Å²) >= 11 is 0. The summed E-state index contributed by atoms with van der Waals surface area (Å²) in [6.45, 7) is 0.899. The van der Waals surface area contributed by atoms with Crippen LogP contribution in [0, 0.1) is 0 Å². The Kier molecular flexibility index (Phi) is 4.32. The lowest BCUT2D eigenvalue weighted by atomic mass is 10.0. The van der Waals surface area contributed by atoms with Crippen LogP contribution >= 0.6 is 0 Å². The third-order valence-electron chi connectivity index (χ3n) is 5.46. The van der Waals surface area contributed by atoms with E-state index < -0.39 is 17.8 Å². The van der Waals surface area contributed by atoms with Gasteiger partial charge in [-0.05, 0) is 60.9 Å². The first-order valence-corrected chi connectivity index (χ1v) is 9.79. The zero-order chi connectivity index (χ0) is 20.7. The van der Waals surface area contributed by atoms with Gasteiger partial charge in [-0.15, -0.1) is 0 Å². The summed E-state index contributed by atoms with van der Waals surface area (Å²) in [4.78, 5) is 44.6. The summed E-state index contributed by atoms with van der Waals surface area (Å²) in [7, 11) is 0. The van der Waals surface area contributed by atoms with Gasteiger partial charge < -0.3 is 9.74 Å². The number of anilines is 2. The van der Waals surface area contributed by atoms with Gasteiger partial charge in [-0.1, -0.05) is 35.4 Å². The molecule has 3 aromatic carbocycles. The summed E-state index contributed by atoms with van der Waals surface area (Å²) in [5.74, 6) is -2.02. The Hall–Kier alpha value is -3.93. The highest BCUT2D eigenvalue weighted by Gasteiger charge is 2.38. The molecule has 6 nitrogen and oxygen atoms in total. The van der Waals surface area contributed by atoms with Gasteiger partial charge in [-0.25, -0.2) is 4.79 Å². The maximum Gasteiger partial charge on any atom is 0.363 e. The molecule has 0 atom stereocenters. The van der Waals surface area contributed by atoms with Gasteiger partial charge in [0.05, 0.1) is 16.7 Å². The molecule has 0 bridgehead atoms. The first-order chi connectivity index (χ1) is 14.6. The number of hydrogen-bond acceptors (Lipinski definition) is 5. The van der Waals surface area contributed by atoms with Crippen molar-refractivity contribution in [3.05, 3.63) is 95.1 Å². The molecular weight excluding hydrogens is 380 g/mol. The van der Waals surface area contributed by atoms with Crippen LogP contribution < -0.4 is 4.90 Å². The monoisotopic (exact) mass is 398 g/mol. The Morgan fingerprint density at radius 3 is 2.13 bits per heavy atom. The topological polar surface area (TPSA) is 66.9 Å². The van der Waals surface area contributed by atoms with Gasteiger partial charge in [0.15, 0.2) is 0 Å². The number of nitrogens with zero attached hydrogens (tertiary/aromatic N) is 2. The van der Waals surface area contributed by atoms with Gasteiger partial charge in [0.25, 0.3) is 11.8 Å². The number of hydrogen-bond donors (Lipinski definition) is 0.